The van der Waals surface area contributed by atoms with Crippen molar-refractivity contribution in [2.75, 3.05) is 12.0 Å². The number of hydrogen-bond donors (Lipinski definition) is 1. The standard InChI is InChI=1S/C10H7ClN2O4/c1-17-7-3-2-5(4-6(7)11)13-9(15)8(14)12-10(13)16/h2-4H,1H3,(H,12,14,16). The molecule has 2 rings (SSSR count). The van der Waals surface area contributed by atoms with E-state index < -0.39 is 17.8 Å². The van der Waals surface area contributed by atoms with Crippen molar-refractivity contribution in [3.8, 4) is 5.75 Å². The second kappa shape index (κ2) is 4.06. The van der Waals surface area contributed by atoms with Crippen LogP contribution in [0.1, 0.15) is 0 Å². The number of amides is 4. The van der Waals surface area contributed by atoms with Gasteiger partial charge in [0.15, 0.2) is 0 Å². The fourth-order valence-electron chi connectivity index (χ4n) is 1.43. The number of hydrogen-bond acceptors (Lipinski definition) is 4. The van der Waals surface area contributed by atoms with Crippen molar-refractivity contribution in [2.45, 2.75) is 0 Å². The topological polar surface area (TPSA) is 75.7 Å². The smallest absolute Gasteiger partial charge is 0.336 e. The molecular weight excluding hydrogens is 248 g/mol. The molecule has 1 aliphatic heterocycles. The van der Waals surface area contributed by atoms with Crippen molar-refractivity contribution in [2.24, 2.45) is 0 Å². The van der Waals surface area contributed by atoms with Gasteiger partial charge >= 0.3 is 17.8 Å². The zero-order chi connectivity index (χ0) is 12.6. The number of urea groups is 1. The van der Waals surface area contributed by atoms with E-state index in [4.69, 9.17) is 16.3 Å². The summed E-state index contributed by atoms with van der Waals surface area (Å²) in [6.45, 7) is 0. The Morgan fingerprint density at radius 1 is 1.29 bits per heavy atom. The highest BCUT2D eigenvalue weighted by atomic mass is 35.5. The van der Waals surface area contributed by atoms with E-state index in [9.17, 15) is 14.4 Å². The van der Waals surface area contributed by atoms with Gasteiger partial charge in [-0.05, 0) is 18.2 Å². The first-order valence-electron chi connectivity index (χ1n) is 4.57. The number of ether oxygens (including phenoxy) is 1. The SMILES string of the molecule is COc1ccc(N2C(=O)NC(=O)C2=O)cc1Cl. The predicted octanol–water partition coefficient (Wildman–Crippen LogP) is 0.931. The molecule has 7 heteroatoms. The molecular formula is C10H7ClN2O4. The normalized spacial score (nSPS) is 15.2. The van der Waals surface area contributed by atoms with E-state index in [0.29, 0.717) is 10.6 Å². The minimum atomic E-state index is -0.957. The lowest BCUT2D eigenvalue weighted by Crippen LogP contribution is -2.30. The van der Waals surface area contributed by atoms with Gasteiger partial charge in [0, 0.05) is 0 Å². The first-order chi connectivity index (χ1) is 8.04. The lowest BCUT2D eigenvalue weighted by atomic mass is 10.3. The molecule has 1 aliphatic rings. The molecule has 0 spiro atoms. The number of carbonyl (C=O) groups excluding carboxylic acids is 3. The Hall–Kier alpha value is -2.08. The van der Waals surface area contributed by atoms with E-state index in [1.54, 1.807) is 0 Å². The first kappa shape index (κ1) is 11.4. The minimum Gasteiger partial charge on any atom is -0.495 e. The van der Waals surface area contributed by atoms with Crippen LogP contribution >= 0.6 is 11.6 Å². The van der Waals surface area contributed by atoms with E-state index in [2.05, 4.69) is 0 Å². The molecule has 1 fully saturated rings. The molecule has 0 aromatic heterocycles. The number of anilines is 1. The highest BCUT2D eigenvalue weighted by Gasteiger charge is 2.38. The Morgan fingerprint density at radius 3 is 2.47 bits per heavy atom. The van der Waals surface area contributed by atoms with Gasteiger partial charge in [0.1, 0.15) is 5.75 Å². The summed E-state index contributed by atoms with van der Waals surface area (Å²) in [6.07, 6.45) is 0. The van der Waals surface area contributed by atoms with Crippen LogP contribution in [0.2, 0.25) is 5.02 Å². The van der Waals surface area contributed by atoms with Crippen LogP contribution in [0.15, 0.2) is 18.2 Å². The highest BCUT2D eigenvalue weighted by Crippen LogP contribution is 2.29. The average Bonchev–Trinajstić information content (AvgIpc) is 2.53. The van der Waals surface area contributed by atoms with Crippen LogP contribution in [0.4, 0.5) is 10.5 Å². The van der Waals surface area contributed by atoms with E-state index in [1.807, 2.05) is 5.32 Å². The number of carbonyl (C=O) groups is 3. The summed E-state index contributed by atoms with van der Waals surface area (Å²) in [5.41, 5.74) is 0.212. The predicted molar refractivity (Wildman–Crippen MR) is 59.0 cm³/mol. The zero-order valence-corrected chi connectivity index (χ0v) is 9.45. The molecule has 4 amide bonds. The summed E-state index contributed by atoms with van der Waals surface area (Å²) in [4.78, 5) is 34.5. The van der Waals surface area contributed by atoms with Crippen LogP contribution in [0.25, 0.3) is 0 Å². The number of nitrogens with one attached hydrogen (secondary N) is 1. The molecule has 1 heterocycles. The van der Waals surface area contributed by atoms with Gasteiger partial charge in [-0.2, -0.15) is 0 Å². The second-order valence-electron chi connectivity index (χ2n) is 3.22. The number of halogens is 1. The maximum Gasteiger partial charge on any atom is 0.336 e. The van der Waals surface area contributed by atoms with Crippen LogP contribution in [0, 0.1) is 0 Å². The molecule has 1 aromatic rings. The van der Waals surface area contributed by atoms with Gasteiger partial charge in [-0.25, -0.2) is 9.69 Å². The summed E-state index contributed by atoms with van der Waals surface area (Å²) in [6, 6.07) is 3.54. The van der Waals surface area contributed by atoms with Gasteiger partial charge in [0.05, 0.1) is 17.8 Å². The number of benzene rings is 1. The second-order valence-corrected chi connectivity index (χ2v) is 3.63. The Kier molecular flexibility index (Phi) is 2.72. The molecule has 0 saturated carbocycles. The Bertz CT molecular complexity index is 529. The van der Waals surface area contributed by atoms with Gasteiger partial charge in [0.25, 0.3) is 0 Å². The summed E-state index contributed by atoms with van der Waals surface area (Å²) >= 11 is 5.86. The molecule has 0 aliphatic carbocycles. The summed E-state index contributed by atoms with van der Waals surface area (Å²) < 4.78 is 4.93. The molecule has 1 aromatic carbocycles. The fraction of sp³-hybridized carbons (Fsp3) is 0.100. The van der Waals surface area contributed by atoms with Crippen LogP contribution < -0.4 is 15.0 Å². The third-order valence-corrected chi connectivity index (χ3v) is 2.51. The molecule has 0 radical (unpaired) electrons. The maximum absolute atomic E-state index is 11.4. The van der Waals surface area contributed by atoms with Crippen LogP contribution in [-0.2, 0) is 9.59 Å². The largest absolute Gasteiger partial charge is 0.495 e. The zero-order valence-electron chi connectivity index (χ0n) is 8.69. The maximum atomic E-state index is 11.4. The number of methoxy groups -OCH3 is 1. The van der Waals surface area contributed by atoms with Crippen molar-refractivity contribution in [3.05, 3.63) is 23.2 Å². The Balaban J connectivity index is 2.41. The molecule has 6 nitrogen and oxygen atoms in total. The lowest BCUT2D eigenvalue weighted by molar-refractivity contribution is -0.134. The summed E-state index contributed by atoms with van der Waals surface area (Å²) in [5.74, 6) is -1.48. The van der Waals surface area contributed by atoms with Gasteiger partial charge < -0.3 is 4.74 Å². The molecule has 0 bridgehead atoms. The van der Waals surface area contributed by atoms with E-state index in [0.717, 1.165) is 0 Å². The summed E-state index contributed by atoms with van der Waals surface area (Å²) in [5, 5.41) is 2.13. The highest BCUT2D eigenvalue weighted by molar-refractivity contribution is 6.53. The minimum absolute atomic E-state index is 0.212. The van der Waals surface area contributed by atoms with Crippen molar-refractivity contribution in [1.29, 1.82) is 0 Å². The molecule has 17 heavy (non-hydrogen) atoms. The molecule has 0 atom stereocenters. The first-order valence-corrected chi connectivity index (χ1v) is 4.95. The quantitative estimate of drug-likeness (QED) is 0.629. The van der Waals surface area contributed by atoms with E-state index >= 15 is 0 Å². The Labute approximate surface area is 101 Å². The number of nitrogens with zero attached hydrogens (tertiary/aromatic N) is 1. The average molecular weight is 255 g/mol. The number of imide groups is 2. The molecule has 88 valence electrons. The third-order valence-electron chi connectivity index (χ3n) is 2.21. The van der Waals surface area contributed by atoms with Crippen LogP contribution in [0.5, 0.6) is 5.75 Å². The van der Waals surface area contributed by atoms with Gasteiger partial charge in [-0.1, -0.05) is 11.6 Å². The van der Waals surface area contributed by atoms with Crippen LogP contribution in [-0.4, -0.2) is 25.0 Å². The summed E-state index contributed by atoms with van der Waals surface area (Å²) in [7, 11) is 1.44. The monoisotopic (exact) mass is 254 g/mol. The van der Waals surface area contributed by atoms with Crippen molar-refractivity contribution < 1.29 is 19.1 Å². The molecule has 0 unspecified atom stereocenters. The number of rotatable bonds is 2. The van der Waals surface area contributed by atoms with E-state index in [-0.39, 0.29) is 10.7 Å². The molecule has 1 N–H and O–H groups in total. The third kappa shape index (κ3) is 1.83. The van der Waals surface area contributed by atoms with Crippen molar-refractivity contribution >= 4 is 35.1 Å². The van der Waals surface area contributed by atoms with Crippen molar-refractivity contribution in [1.82, 2.24) is 5.32 Å². The van der Waals surface area contributed by atoms with E-state index in [1.165, 1.54) is 25.3 Å². The van der Waals surface area contributed by atoms with Gasteiger partial charge in [-0.3, -0.25) is 14.9 Å². The van der Waals surface area contributed by atoms with Gasteiger partial charge in [-0.15, -0.1) is 0 Å². The lowest BCUT2D eigenvalue weighted by Gasteiger charge is -2.12. The fourth-order valence-corrected chi connectivity index (χ4v) is 1.68. The molecule has 1 saturated heterocycles. The Morgan fingerprint density at radius 2 is 2.00 bits per heavy atom. The van der Waals surface area contributed by atoms with Crippen molar-refractivity contribution in [3.63, 3.8) is 0 Å². The van der Waals surface area contributed by atoms with Gasteiger partial charge in [0.2, 0.25) is 0 Å². The van der Waals surface area contributed by atoms with Crippen LogP contribution in [0.3, 0.4) is 0 Å².